The van der Waals surface area contributed by atoms with Crippen LogP contribution in [0.15, 0.2) is 12.7 Å². The largest absolute Gasteiger partial charge is 0.464 e. The van der Waals surface area contributed by atoms with Gasteiger partial charge in [-0.25, -0.2) is 20.0 Å². The predicted molar refractivity (Wildman–Crippen MR) is 134 cm³/mol. The molecule has 0 saturated heterocycles. The summed E-state index contributed by atoms with van der Waals surface area (Å²) in [5.74, 6) is -0.527. The van der Waals surface area contributed by atoms with E-state index < -0.39 is 24.9 Å². The maximum Gasteiger partial charge on any atom is 0.326 e. The molecular weight excluding hydrogens is 473 g/mol. The fourth-order valence-corrected chi connectivity index (χ4v) is 6.03. The molecular formula is C22H38N7O5P. The molecule has 35 heavy (non-hydrogen) atoms. The highest BCUT2D eigenvalue weighted by atomic mass is 31.2. The Balaban J connectivity index is 2.17. The molecule has 0 aliphatic carbocycles. The molecule has 0 radical (unpaired) electrons. The molecule has 0 bridgehead atoms. The number of rotatable bonds is 14. The number of hydrogen-bond acceptors (Lipinski definition) is 9. The Hall–Kier alpha value is -2.56. The molecule has 0 unspecified atom stereocenters. The van der Waals surface area contributed by atoms with E-state index in [0.29, 0.717) is 37.2 Å². The second-order valence-corrected chi connectivity index (χ2v) is 11.5. The monoisotopic (exact) mass is 511 g/mol. The predicted octanol–water partition coefficient (Wildman–Crippen LogP) is 2.24. The average Bonchev–Trinajstić information content (AvgIpc) is 3.20. The fraction of sp³-hybridized carbons (Fsp3) is 0.682. The van der Waals surface area contributed by atoms with Gasteiger partial charge in [0.15, 0.2) is 18.8 Å². The van der Waals surface area contributed by atoms with Crippen molar-refractivity contribution in [2.45, 2.75) is 66.2 Å². The molecule has 2 rings (SSSR count). The lowest BCUT2D eigenvalue weighted by molar-refractivity contribution is -0.149. The number of nitrogens with zero attached hydrogens (tertiary/aromatic N) is 5. The van der Waals surface area contributed by atoms with Crippen molar-refractivity contribution in [3.63, 3.8) is 0 Å². The highest BCUT2D eigenvalue weighted by Crippen LogP contribution is 2.44. The number of anilines is 1. The molecule has 0 fully saturated rings. The highest BCUT2D eigenvalue weighted by molar-refractivity contribution is 7.62. The lowest BCUT2D eigenvalue weighted by atomic mass is 10.1. The van der Waals surface area contributed by atoms with Gasteiger partial charge in [-0.1, -0.05) is 6.92 Å². The fourth-order valence-electron chi connectivity index (χ4n) is 3.55. The first-order chi connectivity index (χ1) is 16.5. The van der Waals surface area contributed by atoms with Crippen molar-refractivity contribution in [1.82, 2.24) is 29.5 Å². The van der Waals surface area contributed by atoms with Crippen molar-refractivity contribution >= 4 is 36.2 Å². The Kier molecular flexibility index (Phi) is 10.2. The first-order valence-corrected chi connectivity index (χ1v) is 13.9. The van der Waals surface area contributed by atoms with Crippen molar-refractivity contribution in [1.29, 1.82) is 0 Å². The van der Waals surface area contributed by atoms with Gasteiger partial charge in [-0.2, -0.15) is 0 Å². The number of nitrogens with two attached hydrogens (primary N) is 1. The molecule has 12 nitrogen and oxygen atoms in total. The van der Waals surface area contributed by atoms with Gasteiger partial charge in [-0.15, -0.1) is 0 Å². The van der Waals surface area contributed by atoms with E-state index in [1.54, 1.807) is 29.6 Å². The number of hydrogen-bond donors (Lipinski definition) is 2. The summed E-state index contributed by atoms with van der Waals surface area (Å²) in [6.45, 7) is 12.2. The van der Waals surface area contributed by atoms with Crippen LogP contribution in [0.25, 0.3) is 11.2 Å². The zero-order chi connectivity index (χ0) is 26.2. The second kappa shape index (κ2) is 12.4. The summed E-state index contributed by atoms with van der Waals surface area (Å²) in [6, 6.07) is 0. The first-order valence-electron chi connectivity index (χ1n) is 11.8. The van der Waals surface area contributed by atoms with Gasteiger partial charge >= 0.3 is 5.97 Å². The molecule has 3 N–H and O–H groups in total. The van der Waals surface area contributed by atoms with Crippen LogP contribution in [0, 0.1) is 0 Å². The normalized spacial score (nSPS) is 14.5. The quantitative estimate of drug-likeness (QED) is 0.285. The number of amides is 1. The van der Waals surface area contributed by atoms with Crippen molar-refractivity contribution in [2.75, 3.05) is 37.9 Å². The maximum atomic E-state index is 14.0. The molecule has 1 amide bonds. The smallest absolute Gasteiger partial charge is 0.326 e. The molecule has 0 aliphatic rings. The molecule has 196 valence electrons. The Bertz CT molecular complexity index is 1050. The number of fused-ring (bicyclic) bond motifs is 1. The minimum Gasteiger partial charge on any atom is -0.464 e. The maximum absolute atomic E-state index is 14.0. The SMILES string of the molecule is CCCOC(=O)C(C)(C)N[P@](=O)(CO[C@@H](C)Cn1cnc2c(N)ncnc21)CC(=O)N(CC)CC. The van der Waals surface area contributed by atoms with E-state index in [4.69, 9.17) is 15.2 Å². The molecule has 0 saturated carbocycles. The first kappa shape index (κ1) is 28.7. The zero-order valence-electron chi connectivity index (χ0n) is 21.5. The Morgan fingerprint density at radius 1 is 1.23 bits per heavy atom. The standard InChI is InChI=1S/C22H38N7O5P/c1-7-10-33-21(31)22(5,6)27-35(32,12-17(30)28(8-2)9-3)15-34-16(4)11-29-14-26-18-19(23)24-13-25-20(18)29/h13-14,16H,7-12,15H2,1-6H3,(H,27,32)(H2,23,24,25)/t16-,35+/m0/s1. The Morgan fingerprint density at radius 3 is 2.54 bits per heavy atom. The zero-order valence-corrected chi connectivity index (χ0v) is 22.4. The van der Waals surface area contributed by atoms with Crippen LogP contribution in [-0.2, 0) is 30.2 Å². The molecule has 13 heteroatoms. The van der Waals surface area contributed by atoms with Crippen LogP contribution < -0.4 is 10.8 Å². The third-order valence-corrected chi connectivity index (χ3v) is 7.70. The lowest BCUT2D eigenvalue weighted by Crippen LogP contribution is -2.48. The van der Waals surface area contributed by atoms with Crippen LogP contribution >= 0.6 is 7.29 Å². The van der Waals surface area contributed by atoms with E-state index in [1.165, 1.54) is 6.33 Å². The topological polar surface area (TPSA) is 155 Å². The molecule has 2 aromatic heterocycles. The van der Waals surface area contributed by atoms with E-state index in [2.05, 4.69) is 20.0 Å². The van der Waals surface area contributed by atoms with Crippen LogP contribution in [0.5, 0.6) is 0 Å². The average molecular weight is 512 g/mol. The number of esters is 1. The van der Waals surface area contributed by atoms with Crippen molar-refractivity contribution in [3.05, 3.63) is 12.7 Å². The molecule has 0 aliphatic heterocycles. The summed E-state index contributed by atoms with van der Waals surface area (Å²) in [5, 5.41) is 2.92. The second-order valence-electron chi connectivity index (χ2n) is 8.92. The van der Waals surface area contributed by atoms with E-state index in [0.717, 1.165) is 0 Å². The van der Waals surface area contributed by atoms with Gasteiger partial charge in [0.1, 0.15) is 23.7 Å². The van der Waals surface area contributed by atoms with Crippen molar-refractivity contribution in [3.8, 4) is 0 Å². The molecule has 2 heterocycles. The van der Waals surface area contributed by atoms with E-state index >= 15 is 0 Å². The molecule has 0 spiro atoms. The minimum absolute atomic E-state index is 0.241. The van der Waals surface area contributed by atoms with Gasteiger partial charge < -0.3 is 29.2 Å². The molecule has 2 aromatic rings. The van der Waals surface area contributed by atoms with Gasteiger partial charge in [0.05, 0.1) is 31.7 Å². The number of nitrogens with one attached hydrogen (secondary N) is 1. The van der Waals surface area contributed by atoms with Crippen LogP contribution in [0.1, 0.15) is 48.0 Å². The minimum atomic E-state index is -3.50. The number of aromatic nitrogens is 4. The number of nitrogen functional groups attached to an aromatic ring is 1. The van der Waals surface area contributed by atoms with E-state index in [1.807, 2.05) is 27.7 Å². The van der Waals surface area contributed by atoms with Gasteiger partial charge in [-0.05, 0) is 41.0 Å². The Labute approximate surface area is 206 Å². The number of carbonyl (C=O) groups is 2. The van der Waals surface area contributed by atoms with Gasteiger partial charge in [-0.3, -0.25) is 9.59 Å². The summed E-state index contributed by atoms with van der Waals surface area (Å²) >= 11 is 0. The summed E-state index contributed by atoms with van der Waals surface area (Å²) in [6.07, 6.45) is 2.69. The molecule has 0 aromatic carbocycles. The summed E-state index contributed by atoms with van der Waals surface area (Å²) < 4.78 is 26.9. The summed E-state index contributed by atoms with van der Waals surface area (Å²) in [4.78, 5) is 39.4. The third-order valence-electron chi connectivity index (χ3n) is 5.39. The van der Waals surface area contributed by atoms with E-state index in [-0.39, 0.29) is 30.8 Å². The Morgan fingerprint density at radius 2 is 1.91 bits per heavy atom. The van der Waals surface area contributed by atoms with Crippen LogP contribution in [-0.4, -0.2) is 80.1 Å². The number of imidazole rings is 1. The van der Waals surface area contributed by atoms with E-state index in [9.17, 15) is 14.2 Å². The van der Waals surface area contributed by atoms with Gasteiger partial charge in [0.25, 0.3) is 0 Å². The van der Waals surface area contributed by atoms with Crippen molar-refractivity contribution in [2.24, 2.45) is 0 Å². The highest BCUT2D eigenvalue weighted by Gasteiger charge is 2.39. The third kappa shape index (κ3) is 7.71. The van der Waals surface area contributed by atoms with Crippen LogP contribution in [0.3, 0.4) is 0 Å². The summed E-state index contributed by atoms with van der Waals surface area (Å²) in [7, 11) is -3.50. The number of carbonyl (C=O) groups excluding carboxylic acids is 2. The number of ether oxygens (including phenoxy) is 2. The van der Waals surface area contributed by atoms with Gasteiger partial charge in [0.2, 0.25) is 5.91 Å². The summed E-state index contributed by atoms with van der Waals surface area (Å²) in [5.41, 5.74) is 5.63. The van der Waals surface area contributed by atoms with Crippen LogP contribution in [0.4, 0.5) is 5.82 Å². The molecule has 2 atom stereocenters. The lowest BCUT2D eigenvalue weighted by Gasteiger charge is -2.31. The van der Waals surface area contributed by atoms with Gasteiger partial charge in [0, 0.05) is 13.1 Å². The van der Waals surface area contributed by atoms with Crippen LogP contribution in [0.2, 0.25) is 0 Å². The van der Waals surface area contributed by atoms with Crippen molar-refractivity contribution < 1.29 is 23.6 Å².